The van der Waals surface area contributed by atoms with Crippen LogP contribution in [0.15, 0.2) is 85.1 Å². The molecular weight excluding hydrogens is 846 g/mol. The summed E-state index contributed by atoms with van der Waals surface area (Å²) in [6, 6.07) is 0. The molecule has 0 saturated carbocycles. The summed E-state index contributed by atoms with van der Waals surface area (Å²) in [7, 11) is 1.46. The van der Waals surface area contributed by atoms with Crippen molar-refractivity contribution in [3.05, 3.63) is 85.1 Å². The molecule has 0 spiro atoms. The van der Waals surface area contributed by atoms with E-state index in [1.54, 1.807) is 0 Å². The van der Waals surface area contributed by atoms with Crippen LogP contribution in [0.1, 0.15) is 206 Å². The van der Waals surface area contributed by atoms with Gasteiger partial charge in [-0.1, -0.05) is 195 Å². The lowest BCUT2D eigenvalue weighted by Crippen LogP contribution is -2.37. The van der Waals surface area contributed by atoms with Gasteiger partial charge >= 0.3 is 19.8 Å². The van der Waals surface area contributed by atoms with Crippen LogP contribution < -0.4 is 0 Å². The fourth-order valence-corrected chi connectivity index (χ4v) is 7.64. The van der Waals surface area contributed by atoms with Crippen molar-refractivity contribution in [2.75, 3.05) is 47.5 Å². The summed E-state index contributed by atoms with van der Waals surface area (Å²) in [5.74, 6) is -0.821. The Balaban J connectivity index is 4.19. The zero-order valence-electron chi connectivity index (χ0n) is 42.9. The van der Waals surface area contributed by atoms with E-state index in [-0.39, 0.29) is 32.0 Å². The third kappa shape index (κ3) is 50.6. The van der Waals surface area contributed by atoms with E-state index in [1.165, 1.54) is 70.6 Å². The van der Waals surface area contributed by atoms with Gasteiger partial charge in [-0.25, -0.2) is 4.57 Å². The Morgan fingerprint density at radius 2 is 0.818 bits per heavy atom. The molecule has 10 heteroatoms. The van der Waals surface area contributed by atoms with Gasteiger partial charge in [-0.3, -0.25) is 18.6 Å². The van der Waals surface area contributed by atoms with Gasteiger partial charge in [-0.2, -0.15) is 0 Å². The van der Waals surface area contributed by atoms with Crippen LogP contribution in [-0.2, 0) is 32.7 Å². The molecule has 0 heterocycles. The Morgan fingerprint density at radius 1 is 0.470 bits per heavy atom. The molecule has 0 amide bonds. The van der Waals surface area contributed by atoms with Crippen molar-refractivity contribution in [1.82, 2.24) is 0 Å². The van der Waals surface area contributed by atoms with Crippen LogP contribution in [0.5, 0.6) is 0 Å². The van der Waals surface area contributed by atoms with Gasteiger partial charge in [-0.15, -0.1) is 0 Å². The van der Waals surface area contributed by atoms with Gasteiger partial charge in [0.2, 0.25) is 0 Å². The van der Waals surface area contributed by atoms with Crippen molar-refractivity contribution >= 4 is 19.8 Å². The number of phosphoric ester groups is 1. The summed E-state index contributed by atoms with van der Waals surface area (Å²) in [6.07, 6.45) is 62.2. The van der Waals surface area contributed by atoms with Crippen LogP contribution in [0.4, 0.5) is 0 Å². The maximum absolute atomic E-state index is 12.8. The Morgan fingerprint density at radius 3 is 1.21 bits per heavy atom. The van der Waals surface area contributed by atoms with Gasteiger partial charge < -0.3 is 18.9 Å². The number of allylic oxidation sites excluding steroid dienone is 14. The van der Waals surface area contributed by atoms with Crippen LogP contribution in [0.25, 0.3) is 0 Å². The van der Waals surface area contributed by atoms with Gasteiger partial charge in [0.15, 0.2) is 6.10 Å². The Kier molecular flexibility index (Phi) is 45.3. The molecule has 0 aromatic heterocycles. The van der Waals surface area contributed by atoms with E-state index in [4.69, 9.17) is 18.5 Å². The first kappa shape index (κ1) is 63.2. The van der Waals surface area contributed by atoms with E-state index in [0.717, 1.165) is 96.3 Å². The van der Waals surface area contributed by atoms with E-state index in [2.05, 4.69) is 98.9 Å². The van der Waals surface area contributed by atoms with Gasteiger partial charge in [-0.05, 0) is 83.5 Å². The largest absolute Gasteiger partial charge is 0.472 e. The molecule has 0 aliphatic rings. The minimum absolute atomic E-state index is 0.0252. The maximum Gasteiger partial charge on any atom is 0.472 e. The molecule has 0 rings (SSSR count). The van der Waals surface area contributed by atoms with Crippen molar-refractivity contribution in [2.24, 2.45) is 0 Å². The molecule has 0 radical (unpaired) electrons. The second kappa shape index (κ2) is 47.3. The molecule has 66 heavy (non-hydrogen) atoms. The normalized spacial score (nSPS) is 14.1. The van der Waals surface area contributed by atoms with Gasteiger partial charge in [0.25, 0.3) is 0 Å². The number of hydrogen-bond acceptors (Lipinski definition) is 7. The second-order valence-corrected chi connectivity index (χ2v) is 19.9. The number of carbonyl (C=O) groups excluding carboxylic acids is 2. The number of unbranched alkanes of at least 4 members (excludes halogenated alkanes) is 19. The number of hydrogen-bond donors (Lipinski definition) is 1. The van der Waals surface area contributed by atoms with E-state index < -0.39 is 26.5 Å². The van der Waals surface area contributed by atoms with Crippen molar-refractivity contribution in [3.63, 3.8) is 0 Å². The summed E-state index contributed by atoms with van der Waals surface area (Å²) < 4.78 is 34.4. The molecule has 0 aromatic carbocycles. The maximum atomic E-state index is 12.8. The zero-order valence-corrected chi connectivity index (χ0v) is 43.8. The highest BCUT2D eigenvalue weighted by Gasteiger charge is 2.27. The first-order chi connectivity index (χ1) is 32.0. The SMILES string of the molecule is CC/C=C\C/C=C\C/C=C\C/C=C\CCCCCCCCCCCCCCCCC(=O)OC(COC(=O)CCCCCCC/C=C\C/C=C\C/C=C\CC)COP(=O)(O)OCC[N+](C)(C)C. The summed E-state index contributed by atoms with van der Waals surface area (Å²) in [5, 5.41) is 0. The predicted octanol–water partition coefficient (Wildman–Crippen LogP) is 15.9. The summed E-state index contributed by atoms with van der Waals surface area (Å²) in [5.41, 5.74) is 0. The third-order valence-corrected chi connectivity index (χ3v) is 11.9. The molecule has 0 saturated heterocycles. The van der Waals surface area contributed by atoms with E-state index >= 15 is 0 Å². The average Bonchev–Trinajstić information content (AvgIpc) is 3.27. The average molecular weight is 945 g/mol. The van der Waals surface area contributed by atoms with Crippen LogP contribution >= 0.6 is 7.82 Å². The van der Waals surface area contributed by atoms with E-state index in [0.29, 0.717) is 23.9 Å². The lowest BCUT2D eigenvalue weighted by atomic mass is 10.0. The number of nitrogens with zero attached hydrogens (tertiary/aromatic N) is 1. The van der Waals surface area contributed by atoms with Gasteiger partial charge in [0.1, 0.15) is 19.8 Å². The molecule has 1 N–H and O–H groups in total. The standard InChI is InChI=1S/C56H98NO8P/c1-6-8-10-12-14-16-18-20-22-23-24-25-26-27-28-29-30-31-32-33-35-37-39-41-43-45-47-49-56(59)65-54(53-64-66(60,61)63-51-50-57(3,4)5)52-62-55(58)48-46-44-42-40-38-36-34-21-19-17-15-13-11-9-7-2/h8-11,14-17,20-22,24-25,34,54H,6-7,12-13,18-19,23,26-33,35-53H2,1-5H3/p+1/b10-8-,11-9-,16-14-,17-15-,22-20-,25-24-,34-21-. The summed E-state index contributed by atoms with van der Waals surface area (Å²) in [4.78, 5) is 35.6. The molecule has 2 atom stereocenters. The third-order valence-electron chi connectivity index (χ3n) is 10.9. The molecule has 0 bridgehead atoms. The Hall–Kier alpha value is -2.81. The van der Waals surface area contributed by atoms with Gasteiger partial charge in [0.05, 0.1) is 27.7 Å². The number of ether oxygens (including phenoxy) is 2. The van der Waals surface area contributed by atoms with Crippen LogP contribution in [-0.4, -0.2) is 74.9 Å². The molecule has 0 aliphatic carbocycles. The molecular formula is C56H99NO8P+. The molecule has 0 fully saturated rings. The predicted molar refractivity (Wildman–Crippen MR) is 279 cm³/mol. The Bertz CT molecular complexity index is 1390. The van der Waals surface area contributed by atoms with Crippen molar-refractivity contribution in [3.8, 4) is 0 Å². The molecule has 0 aliphatic heterocycles. The van der Waals surface area contributed by atoms with Crippen LogP contribution in [0.2, 0.25) is 0 Å². The van der Waals surface area contributed by atoms with Crippen molar-refractivity contribution < 1.29 is 42.1 Å². The lowest BCUT2D eigenvalue weighted by molar-refractivity contribution is -0.870. The quantitative estimate of drug-likeness (QED) is 0.0211. The highest BCUT2D eigenvalue weighted by molar-refractivity contribution is 7.47. The van der Waals surface area contributed by atoms with E-state index in [1.807, 2.05) is 21.1 Å². The zero-order chi connectivity index (χ0) is 48.5. The van der Waals surface area contributed by atoms with Crippen LogP contribution in [0.3, 0.4) is 0 Å². The monoisotopic (exact) mass is 945 g/mol. The van der Waals surface area contributed by atoms with Crippen molar-refractivity contribution in [1.29, 1.82) is 0 Å². The topological polar surface area (TPSA) is 108 Å². The fourth-order valence-electron chi connectivity index (χ4n) is 6.90. The number of esters is 2. The molecule has 380 valence electrons. The smallest absolute Gasteiger partial charge is 0.462 e. The minimum Gasteiger partial charge on any atom is -0.462 e. The fraction of sp³-hybridized carbons (Fsp3) is 0.714. The second-order valence-electron chi connectivity index (χ2n) is 18.5. The summed E-state index contributed by atoms with van der Waals surface area (Å²) >= 11 is 0. The van der Waals surface area contributed by atoms with Crippen LogP contribution in [0, 0.1) is 0 Å². The molecule has 9 nitrogen and oxygen atoms in total. The number of phosphoric acid groups is 1. The lowest BCUT2D eigenvalue weighted by Gasteiger charge is -2.24. The van der Waals surface area contributed by atoms with Gasteiger partial charge in [0, 0.05) is 12.8 Å². The number of likely N-dealkylation sites (N-methyl/N-ethyl adjacent to an activating group) is 1. The first-order valence-corrected chi connectivity index (χ1v) is 27.8. The Labute approximate surface area is 405 Å². The van der Waals surface area contributed by atoms with E-state index in [9.17, 15) is 19.0 Å². The number of quaternary nitrogens is 1. The van der Waals surface area contributed by atoms with Crippen molar-refractivity contribution in [2.45, 2.75) is 213 Å². The molecule has 0 aromatic rings. The first-order valence-electron chi connectivity index (χ1n) is 26.3. The summed E-state index contributed by atoms with van der Waals surface area (Å²) in [6.45, 7) is 4.18. The molecule has 2 unspecified atom stereocenters. The number of rotatable bonds is 47. The highest BCUT2D eigenvalue weighted by atomic mass is 31.2. The minimum atomic E-state index is -4.39. The highest BCUT2D eigenvalue weighted by Crippen LogP contribution is 2.43. The number of carbonyl (C=O) groups is 2.